The van der Waals surface area contributed by atoms with Crippen LogP contribution in [0.1, 0.15) is 26.2 Å². The van der Waals surface area contributed by atoms with Crippen LogP contribution in [0.5, 0.6) is 0 Å². The molecule has 2 heterocycles. The van der Waals surface area contributed by atoms with Crippen molar-refractivity contribution in [3.05, 3.63) is 18.5 Å². The molecule has 0 aliphatic carbocycles. The molecule has 1 aliphatic rings. The summed E-state index contributed by atoms with van der Waals surface area (Å²) in [6.45, 7) is 5.77. The van der Waals surface area contributed by atoms with Gasteiger partial charge in [0.15, 0.2) is 0 Å². The van der Waals surface area contributed by atoms with E-state index in [1.54, 1.807) is 0 Å². The Labute approximate surface area is 85.7 Å². The van der Waals surface area contributed by atoms with Gasteiger partial charge in [-0.15, -0.1) is 0 Å². The van der Waals surface area contributed by atoms with Crippen LogP contribution in [-0.4, -0.2) is 33.8 Å². The Kier molecular flexibility index (Phi) is 3.19. The summed E-state index contributed by atoms with van der Waals surface area (Å²) in [5, 5.41) is 4.22. The zero-order valence-electron chi connectivity index (χ0n) is 8.89. The lowest BCUT2D eigenvalue weighted by atomic mass is 10.0. The Hall–Kier alpha value is -0.830. The van der Waals surface area contributed by atoms with E-state index in [1.807, 2.05) is 23.1 Å². The van der Waals surface area contributed by atoms with Crippen LogP contribution in [0.2, 0.25) is 0 Å². The molecule has 0 aromatic carbocycles. The van der Waals surface area contributed by atoms with Gasteiger partial charge in [-0.2, -0.15) is 5.10 Å². The second kappa shape index (κ2) is 4.60. The summed E-state index contributed by atoms with van der Waals surface area (Å²) in [4.78, 5) is 2.57. The van der Waals surface area contributed by atoms with Gasteiger partial charge in [-0.25, -0.2) is 0 Å². The van der Waals surface area contributed by atoms with Gasteiger partial charge in [0.2, 0.25) is 0 Å². The smallest absolute Gasteiger partial charge is 0.0536 e. The highest BCUT2D eigenvalue weighted by Crippen LogP contribution is 2.15. The highest BCUT2D eigenvalue weighted by Gasteiger charge is 2.17. The molecule has 0 spiro atoms. The average molecular weight is 193 g/mol. The van der Waals surface area contributed by atoms with E-state index in [0.29, 0.717) is 0 Å². The minimum Gasteiger partial charge on any atom is -0.299 e. The molecule has 3 heteroatoms. The van der Waals surface area contributed by atoms with Crippen molar-refractivity contribution in [2.45, 2.75) is 38.8 Å². The minimum absolute atomic E-state index is 0.763. The summed E-state index contributed by atoms with van der Waals surface area (Å²) in [5.41, 5.74) is 0. The Morgan fingerprint density at radius 2 is 2.29 bits per heavy atom. The van der Waals surface area contributed by atoms with Crippen LogP contribution in [0.15, 0.2) is 18.5 Å². The first-order valence-electron chi connectivity index (χ1n) is 5.58. The highest BCUT2D eigenvalue weighted by atomic mass is 15.3. The van der Waals surface area contributed by atoms with Crippen LogP contribution < -0.4 is 0 Å². The van der Waals surface area contributed by atoms with E-state index in [4.69, 9.17) is 0 Å². The number of piperidine rings is 1. The van der Waals surface area contributed by atoms with E-state index in [2.05, 4.69) is 16.9 Å². The van der Waals surface area contributed by atoms with E-state index < -0.39 is 0 Å². The highest BCUT2D eigenvalue weighted by molar-refractivity contribution is 4.79. The lowest BCUT2D eigenvalue weighted by Crippen LogP contribution is -2.39. The van der Waals surface area contributed by atoms with Crippen molar-refractivity contribution < 1.29 is 0 Å². The molecule has 1 aliphatic heterocycles. The molecule has 0 N–H and O–H groups in total. The molecule has 2 rings (SSSR count). The van der Waals surface area contributed by atoms with Crippen LogP contribution >= 0.6 is 0 Å². The first-order valence-corrected chi connectivity index (χ1v) is 5.58. The molecule has 1 aromatic rings. The van der Waals surface area contributed by atoms with E-state index in [9.17, 15) is 0 Å². The summed E-state index contributed by atoms with van der Waals surface area (Å²) < 4.78 is 2.02. The van der Waals surface area contributed by atoms with Crippen molar-refractivity contribution in [2.24, 2.45) is 0 Å². The number of aromatic nitrogens is 2. The zero-order valence-corrected chi connectivity index (χ0v) is 8.89. The van der Waals surface area contributed by atoms with E-state index in [-0.39, 0.29) is 0 Å². The first-order chi connectivity index (χ1) is 6.86. The van der Waals surface area contributed by atoms with Gasteiger partial charge in [0.1, 0.15) is 0 Å². The molecule has 1 fully saturated rings. The van der Waals surface area contributed by atoms with Gasteiger partial charge in [0, 0.05) is 25.0 Å². The van der Waals surface area contributed by atoms with Gasteiger partial charge >= 0.3 is 0 Å². The second-order valence-corrected chi connectivity index (χ2v) is 4.15. The molecule has 0 radical (unpaired) electrons. The molecule has 1 aromatic heterocycles. The predicted molar refractivity (Wildman–Crippen MR) is 57.1 cm³/mol. The minimum atomic E-state index is 0.763. The number of nitrogens with zero attached hydrogens (tertiary/aromatic N) is 3. The van der Waals surface area contributed by atoms with Gasteiger partial charge in [-0.05, 0) is 32.4 Å². The van der Waals surface area contributed by atoms with Crippen LogP contribution in [0.4, 0.5) is 0 Å². The van der Waals surface area contributed by atoms with Crippen LogP contribution in [-0.2, 0) is 6.54 Å². The largest absolute Gasteiger partial charge is 0.299 e. The van der Waals surface area contributed by atoms with Gasteiger partial charge in [-0.1, -0.05) is 6.42 Å². The Morgan fingerprint density at radius 3 is 3.00 bits per heavy atom. The average Bonchev–Trinajstić information content (AvgIpc) is 2.69. The molecular formula is C11H19N3. The quantitative estimate of drug-likeness (QED) is 0.729. The zero-order chi connectivity index (χ0) is 9.80. The molecule has 78 valence electrons. The molecule has 1 saturated heterocycles. The third-order valence-electron chi connectivity index (χ3n) is 3.12. The number of hydrogen-bond donors (Lipinski definition) is 0. The van der Waals surface area contributed by atoms with Crippen molar-refractivity contribution in [3.63, 3.8) is 0 Å². The summed E-state index contributed by atoms with van der Waals surface area (Å²) in [7, 11) is 0. The lowest BCUT2D eigenvalue weighted by molar-refractivity contribution is 0.153. The van der Waals surface area contributed by atoms with Crippen molar-refractivity contribution in [2.75, 3.05) is 13.1 Å². The van der Waals surface area contributed by atoms with Gasteiger partial charge in [0.25, 0.3) is 0 Å². The molecule has 0 saturated carbocycles. The van der Waals surface area contributed by atoms with Crippen molar-refractivity contribution in [3.8, 4) is 0 Å². The van der Waals surface area contributed by atoms with Crippen LogP contribution in [0, 0.1) is 0 Å². The standard InChI is InChI=1S/C11H19N3/c1-11-5-2-3-7-13(11)9-10-14-8-4-6-12-14/h4,6,8,11H,2-3,5,7,9-10H2,1H3/t11-/m1/s1. The summed E-state index contributed by atoms with van der Waals surface area (Å²) in [5.74, 6) is 0. The topological polar surface area (TPSA) is 21.1 Å². The normalized spacial score (nSPS) is 23.9. The fourth-order valence-electron chi connectivity index (χ4n) is 2.15. The van der Waals surface area contributed by atoms with Crippen molar-refractivity contribution in [1.29, 1.82) is 0 Å². The Balaban J connectivity index is 1.79. The molecule has 0 unspecified atom stereocenters. The van der Waals surface area contributed by atoms with Gasteiger partial charge in [-0.3, -0.25) is 9.58 Å². The maximum atomic E-state index is 4.22. The third kappa shape index (κ3) is 2.35. The monoisotopic (exact) mass is 193 g/mol. The summed E-state index contributed by atoms with van der Waals surface area (Å²) >= 11 is 0. The van der Waals surface area contributed by atoms with Crippen molar-refractivity contribution >= 4 is 0 Å². The Morgan fingerprint density at radius 1 is 1.36 bits per heavy atom. The first kappa shape index (κ1) is 9.71. The Bertz CT molecular complexity index is 256. The number of rotatable bonds is 3. The van der Waals surface area contributed by atoms with Crippen LogP contribution in [0.3, 0.4) is 0 Å². The van der Waals surface area contributed by atoms with Crippen LogP contribution in [0.25, 0.3) is 0 Å². The predicted octanol–water partition coefficient (Wildman–Crippen LogP) is 1.76. The van der Waals surface area contributed by atoms with Gasteiger partial charge in [0.05, 0.1) is 6.54 Å². The molecular weight excluding hydrogens is 174 g/mol. The molecule has 14 heavy (non-hydrogen) atoms. The third-order valence-corrected chi connectivity index (χ3v) is 3.12. The lowest BCUT2D eigenvalue weighted by Gasteiger charge is -2.33. The van der Waals surface area contributed by atoms with Gasteiger partial charge < -0.3 is 0 Å². The summed E-state index contributed by atoms with van der Waals surface area (Å²) in [6, 6.07) is 2.75. The number of likely N-dealkylation sites (tertiary alicyclic amines) is 1. The fraction of sp³-hybridized carbons (Fsp3) is 0.727. The molecule has 0 bridgehead atoms. The van der Waals surface area contributed by atoms with Crippen molar-refractivity contribution in [1.82, 2.24) is 14.7 Å². The maximum Gasteiger partial charge on any atom is 0.0536 e. The summed E-state index contributed by atoms with van der Waals surface area (Å²) in [6.07, 6.45) is 8.01. The second-order valence-electron chi connectivity index (χ2n) is 4.15. The fourth-order valence-corrected chi connectivity index (χ4v) is 2.15. The van der Waals surface area contributed by atoms with E-state index >= 15 is 0 Å². The number of hydrogen-bond acceptors (Lipinski definition) is 2. The maximum absolute atomic E-state index is 4.22. The molecule has 0 amide bonds. The molecule has 3 nitrogen and oxygen atoms in total. The molecule has 1 atom stereocenters. The van der Waals surface area contributed by atoms with E-state index in [1.165, 1.54) is 25.8 Å². The van der Waals surface area contributed by atoms with E-state index in [0.717, 1.165) is 19.1 Å². The SMILES string of the molecule is C[C@@H]1CCCCN1CCn1cccn1.